The van der Waals surface area contributed by atoms with E-state index in [9.17, 15) is 28.1 Å². The molecule has 33 heavy (non-hydrogen) atoms. The van der Waals surface area contributed by atoms with Gasteiger partial charge in [0.25, 0.3) is 11.6 Å². The summed E-state index contributed by atoms with van der Waals surface area (Å²) in [5.41, 5.74) is 0.615. The second-order valence-corrected chi connectivity index (χ2v) is 6.94. The van der Waals surface area contributed by atoms with E-state index >= 15 is 0 Å². The van der Waals surface area contributed by atoms with Crippen LogP contribution in [0, 0.1) is 10.1 Å². The van der Waals surface area contributed by atoms with Crippen LogP contribution in [-0.2, 0) is 13.2 Å². The van der Waals surface area contributed by atoms with Gasteiger partial charge in [-0.1, -0.05) is 42.5 Å². The fourth-order valence-electron chi connectivity index (χ4n) is 2.90. The van der Waals surface area contributed by atoms with Gasteiger partial charge >= 0.3 is 6.18 Å². The van der Waals surface area contributed by atoms with E-state index in [-0.39, 0.29) is 12.3 Å². The number of nitrogens with one attached hydrogen (secondary N) is 1. The molecule has 0 heterocycles. The molecular formula is C23H19F3N2O5. The summed E-state index contributed by atoms with van der Waals surface area (Å²) >= 11 is 0. The molecule has 7 nitrogen and oxygen atoms in total. The molecule has 3 rings (SSSR count). The van der Waals surface area contributed by atoms with Gasteiger partial charge in [-0.15, -0.1) is 0 Å². The fraction of sp³-hybridized carbons (Fsp3) is 0.174. The minimum atomic E-state index is -4.58. The van der Waals surface area contributed by atoms with Crippen molar-refractivity contribution < 1.29 is 32.4 Å². The number of para-hydroxylation sites is 1. The summed E-state index contributed by atoms with van der Waals surface area (Å²) < 4.78 is 47.4. The Morgan fingerprint density at radius 2 is 1.64 bits per heavy atom. The van der Waals surface area contributed by atoms with Gasteiger partial charge in [0, 0.05) is 12.6 Å². The molecule has 0 fully saturated rings. The molecule has 1 N–H and O–H groups in total. The van der Waals surface area contributed by atoms with Gasteiger partial charge in [-0.25, -0.2) is 0 Å². The number of nitrogens with zero attached hydrogens (tertiary/aromatic N) is 1. The Balaban J connectivity index is 1.66. The van der Waals surface area contributed by atoms with Crippen LogP contribution < -0.4 is 14.8 Å². The van der Waals surface area contributed by atoms with Gasteiger partial charge in [0.1, 0.15) is 23.7 Å². The zero-order chi connectivity index (χ0) is 23.8. The van der Waals surface area contributed by atoms with E-state index in [1.807, 2.05) is 36.4 Å². The van der Waals surface area contributed by atoms with Gasteiger partial charge in [-0.2, -0.15) is 13.2 Å². The quantitative estimate of drug-likeness (QED) is 0.357. The highest BCUT2D eigenvalue weighted by atomic mass is 19.4. The third-order valence-electron chi connectivity index (χ3n) is 4.41. The Morgan fingerprint density at radius 3 is 2.33 bits per heavy atom. The third kappa shape index (κ3) is 7.23. The molecule has 3 aromatic rings. The van der Waals surface area contributed by atoms with E-state index in [2.05, 4.69) is 10.1 Å². The highest BCUT2D eigenvalue weighted by Crippen LogP contribution is 2.26. The first kappa shape index (κ1) is 23.6. The molecule has 0 radical (unpaired) electrons. The summed E-state index contributed by atoms with van der Waals surface area (Å²) in [6.07, 6.45) is -4.58. The molecule has 1 amide bonds. The summed E-state index contributed by atoms with van der Waals surface area (Å²) in [6.45, 7) is -1.23. The topological polar surface area (TPSA) is 90.7 Å². The van der Waals surface area contributed by atoms with Crippen LogP contribution >= 0.6 is 0 Å². The Hall–Kier alpha value is -4.08. The molecule has 0 aromatic heterocycles. The van der Waals surface area contributed by atoms with Gasteiger partial charge in [-0.05, 0) is 35.4 Å². The standard InChI is InChI=1S/C23H19F3N2O5/c24-23(25,26)15-33-19-9-10-21(28(30)31)20(12-19)22(29)27-13-16-5-4-6-17(11-16)14-32-18-7-2-1-3-8-18/h1-12H,13-15H2,(H,27,29). The fourth-order valence-corrected chi connectivity index (χ4v) is 2.90. The van der Waals surface area contributed by atoms with Crippen LogP contribution in [0.25, 0.3) is 0 Å². The maximum absolute atomic E-state index is 12.6. The minimum Gasteiger partial charge on any atom is -0.489 e. The predicted molar refractivity (Wildman–Crippen MR) is 113 cm³/mol. The van der Waals surface area contributed by atoms with E-state index in [0.717, 1.165) is 23.8 Å². The molecule has 0 aliphatic heterocycles. The summed E-state index contributed by atoms with van der Waals surface area (Å²) in [6, 6.07) is 19.3. The third-order valence-corrected chi connectivity index (χ3v) is 4.41. The lowest BCUT2D eigenvalue weighted by molar-refractivity contribution is -0.385. The number of benzene rings is 3. The zero-order valence-corrected chi connectivity index (χ0v) is 17.2. The maximum atomic E-state index is 12.6. The lowest BCUT2D eigenvalue weighted by atomic mass is 10.1. The van der Waals surface area contributed by atoms with Crippen LogP contribution in [0.3, 0.4) is 0 Å². The Kier molecular flexibility index (Phi) is 7.50. The number of hydrogen-bond donors (Lipinski definition) is 1. The number of carbonyl (C=O) groups is 1. The minimum absolute atomic E-state index is 0.0444. The Bertz CT molecular complexity index is 1120. The first-order valence-corrected chi connectivity index (χ1v) is 9.73. The van der Waals surface area contributed by atoms with Crippen LogP contribution in [0.2, 0.25) is 0 Å². The highest BCUT2D eigenvalue weighted by Gasteiger charge is 2.29. The van der Waals surface area contributed by atoms with E-state index in [4.69, 9.17) is 4.74 Å². The van der Waals surface area contributed by atoms with Crippen LogP contribution in [0.4, 0.5) is 18.9 Å². The number of nitro benzene ring substituents is 1. The van der Waals surface area contributed by atoms with Gasteiger partial charge in [-0.3, -0.25) is 14.9 Å². The molecule has 0 aliphatic rings. The smallest absolute Gasteiger partial charge is 0.422 e. The van der Waals surface area contributed by atoms with E-state index < -0.39 is 34.9 Å². The number of ether oxygens (including phenoxy) is 2. The SMILES string of the molecule is O=C(NCc1cccc(COc2ccccc2)c1)c1cc(OCC(F)(F)F)ccc1[N+](=O)[O-]. The zero-order valence-electron chi connectivity index (χ0n) is 17.2. The summed E-state index contributed by atoms with van der Waals surface area (Å²) in [5.74, 6) is -0.413. The summed E-state index contributed by atoms with van der Waals surface area (Å²) in [4.78, 5) is 23.0. The molecule has 172 valence electrons. The van der Waals surface area contributed by atoms with Crippen LogP contribution in [0.15, 0.2) is 72.8 Å². The number of alkyl halides is 3. The molecule has 0 aliphatic carbocycles. The van der Waals surface area contributed by atoms with Crippen molar-refractivity contribution in [1.82, 2.24) is 5.32 Å². The first-order valence-electron chi connectivity index (χ1n) is 9.73. The average molecular weight is 460 g/mol. The second kappa shape index (κ2) is 10.5. The largest absolute Gasteiger partial charge is 0.489 e. The molecule has 0 saturated heterocycles. The number of halogens is 3. The molecule has 10 heteroatoms. The van der Waals surface area contributed by atoms with Gasteiger partial charge in [0.2, 0.25) is 0 Å². The van der Waals surface area contributed by atoms with Crippen LogP contribution in [-0.4, -0.2) is 23.6 Å². The van der Waals surface area contributed by atoms with Crippen molar-refractivity contribution in [3.8, 4) is 11.5 Å². The molecule has 0 unspecified atom stereocenters. The van der Waals surface area contributed by atoms with Crippen molar-refractivity contribution in [3.63, 3.8) is 0 Å². The van der Waals surface area contributed by atoms with E-state index in [1.165, 1.54) is 0 Å². The van der Waals surface area contributed by atoms with Gasteiger partial charge < -0.3 is 14.8 Å². The van der Waals surface area contributed by atoms with Crippen molar-refractivity contribution in [2.75, 3.05) is 6.61 Å². The van der Waals surface area contributed by atoms with Crippen molar-refractivity contribution in [3.05, 3.63) is 99.6 Å². The number of hydrogen-bond acceptors (Lipinski definition) is 5. The van der Waals surface area contributed by atoms with Crippen molar-refractivity contribution in [2.24, 2.45) is 0 Å². The van der Waals surface area contributed by atoms with Crippen molar-refractivity contribution in [2.45, 2.75) is 19.3 Å². The van der Waals surface area contributed by atoms with E-state index in [1.54, 1.807) is 18.2 Å². The van der Waals surface area contributed by atoms with Gasteiger partial charge in [0.05, 0.1) is 4.92 Å². The van der Waals surface area contributed by atoms with Crippen molar-refractivity contribution in [1.29, 1.82) is 0 Å². The second-order valence-electron chi connectivity index (χ2n) is 6.94. The van der Waals surface area contributed by atoms with Crippen LogP contribution in [0.1, 0.15) is 21.5 Å². The monoisotopic (exact) mass is 460 g/mol. The molecule has 3 aromatic carbocycles. The molecule has 0 spiro atoms. The average Bonchev–Trinajstić information content (AvgIpc) is 2.80. The van der Waals surface area contributed by atoms with Crippen LogP contribution in [0.5, 0.6) is 11.5 Å². The lowest BCUT2D eigenvalue weighted by Gasteiger charge is -2.11. The normalized spacial score (nSPS) is 11.0. The highest BCUT2D eigenvalue weighted by molar-refractivity contribution is 5.98. The number of carbonyl (C=O) groups excluding carboxylic acids is 1. The molecule has 0 saturated carbocycles. The first-order chi connectivity index (χ1) is 15.7. The Morgan fingerprint density at radius 1 is 0.909 bits per heavy atom. The molecule has 0 atom stereocenters. The number of amides is 1. The lowest BCUT2D eigenvalue weighted by Crippen LogP contribution is -2.24. The van der Waals surface area contributed by atoms with E-state index in [0.29, 0.717) is 17.9 Å². The van der Waals surface area contributed by atoms with Gasteiger partial charge in [0.15, 0.2) is 6.61 Å². The Labute approximate surface area is 186 Å². The summed E-state index contributed by atoms with van der Waals surface area (Å²) in [5, 5.41) is 13.8. The predicted octanol–water partition coefficient (Wildman–Crippen LogP) is 5.04. The summed E-state index contributed by atoms with van der Waals surface area (Å²) in [7, 11) is 0. The number of rotatable bonds is 9. The molecule has 0 bridgehead atoms. The number of nitro groups is 1. The maximum Gasteiger partial charge on any atom is 0.422 e. The van der Waals surface area contributed by atoms with Crippen molar-refractivity contribution >= 4 is 11.6 Å². The molecular weight excluding hydrogens is 441 g/mol.